The fourth-order valence-corrected chi connectivity index (χ4v) is 4.46. The van der Waals surface area contributed by atoms with Crippen LogP contribution in [0.2, 0.25) is 0 Å². The van der Waals surface area contributed by atoms with Gasteiger partial charge in [0.15, 0.2) is 17.3 Å². The van der Waals surface area contributed by atoms with Crippen molar-refractivity contribution in [3.63, 3.8) is 0 Å². The van der Waals surface area contributed by atoms with E-state index in [0.717, 1.165) is 85.3 Å². The molecule has 0 unspecified atom stereocenters. The SMILES string of the molecule is C1=CCCC(C2=COC=C(c3ccc(-n4cc(CN5CCOCC5)c(-c5ccco5)n4)cc3)O2)=C1. The first-order valence-electron chi connectivity index (χ1n) is 12.0. The summed E-state index contributed by atoms with van der Waals surface area (Å²) in [5.41, 5.74) is 5.04. The van der Waals surface area contributed by atoms with Gasteiger partial charge in [0, 0.05) is 37.0 Å². The van der Waals surface area contributed by atoms with Crippen LogP contribution in [-0.4, -0.2) is 41.0 Å². The molecule has 6 rings (SSSR count). The maximum atomic E-state index is 6.16. The van der Waals surface area contributed by atoms with Crippen LogP contribution in [0.1, 0.15) is 24.0 Å². The monoisotopic (exact) mass is 469 g/mol. The van der Waals surface area contributed by atoms with Crippen molar-refractivity contribution in [1.29, 1.82) is 0 Å². The van der Waals surface area contributed by atoms with E-state index in [-0.39, 0.29) is 0 Å². The first kappa shape index (κ1) is 21.7. The molecule has 0 spiro atoms. The summed E-state index contributed by atoms with van der Waals surface area (Å²) in [5.74, 6) is 2.22. The van der Waals surface area contributed by atoms with E-state index >= 15 is 0 Å². The van der Waals surface area contributed by atoms with Gasteiger partial charge in [-0.15, -0.1) is 0 Å². The predicted octanol–water partition coefficient (Wildman–Crippen LogP) is 5.43. The first-order chi connectivity index (χ1) is 17.3. The van der Waals surface area contributed by atoms with Gasteiger partial charge in [-0.25, -0.2) is 4.68 Å². The molecule has 4 heterocycles. The minimum absolute atomic E-state index is 0.689. The Balaban J connectivity index is 1.23. The molecule has 1 aliphatic carbocycles. The molecule has 0 atom stereocenters. The standard InChI is InChI=1S/C28H27N3O4/c1-2-5-21(6-3-1)26-19-33-20-27(35-26)22-8-10-24(11-9-22)31-18-23(17-30-12-15-32-16-13-30)28(29-31)25-7-4-14-34-25/h1-2,4-5,7-11,14,18-20H,3,6,12-13,15-17H2. The molecule has 1 saturated heterocycles. The summed E-state index contributed by atoms with van der Waals surface area (Å²) in [6.45, 7) is 4.16. The summed E-state index contributed by atoms with van der Waals surface area (Å²) < 4.78 is 24.9. The molecule has 0 N–H and O–H groups in total. The number of morpholine rings is 1. The van der Waals surface area contributed by atoms with Crippen molar-refractivity contribution in [3.8, 4) is 17.1 Å². The maximum absolute atomic E-state index is 6.16. The summed E-state index contributed by atoms with van der Waals surface area (Å²) in [7, 11) is 0. The third-order valence-corrected chi connectivity index (χ3v) is 6.36. The maximum Gasteiger partial charge on any atom is 0.169 e. The molecular weight excluding hydrogens is 442 g/mol. The highest BCUT2D eigenvalue weighted by Crippen LogP contribution is 2.31. The van der Waals surface area contributed by atoms with Crippen molar-refractivity contribution in [1.82, 2.24) is 14.7 Å². The molecule has 7 heteroatoms. The normalized spacial score (nSPS) is 18.3. The first-order valence-corrected chi connectivity index (χ1v) is 12.0. The average Bonchev–Trinajstić information content (AvgIpc) is 3.60. The molecule has 0 bridgehead atoms. The second kappa shape index (κ2) is 9.82. The third kappa shape index (κ3) is 4.73. The van der Waals surface area contributed by atoms with Gasteiger partial charge in [-0.2, -0.15) is 5.10 Å². The summed E-state index contributed by atoms with van der Waals surface area (Å²) in [6.07, 6.45) is 15.3. The zero-order chi connectivity index (χ0) is 23.5. The van der Waals surface area contributed by atoms with E-state index in [4.69, 9.17) is 23.7 Å². The smallest absolute Gasteiger partial charge is 0.169 e. The Kier molecular flexibility index (Phi) is 6.09. The second-order valence-electron chi connectivity index (χ2n) is 8.72. The largest absolute Gasteiger partial charge is 0.465 e. The summed E-state index contributed by atoms with van der Waals surface area (Å²) in [6, 6.07) is 12.0. The Morgan fingerprint density at radius 3 is 2.60 bits per heavy atom. The number of hydrogen-bond acceptors (Lipinski definition) is 6. The van der Waals surface area contributed by atoms with Crippen molar-refractivity contribution in [2.45, 2.75) is 19.4 Å². The van der Waals surface area contributed by atoms with Crippen molar-refractivity contribution in [2.24, 2.45) is 0 Å². The van der Waals surface area contributed by atoms with Crippen LogP contribution in [0.5, 0.6) is 0 Å². The van der Waals surface area contributed by atoms with Gasteiger partial charge in [0.05, 0.1) is 25.2 Å². The molecule has 1 aromatic carbocycles. The summed E-state index contributed by atoms with van der Waals surface area (Å²) in [4.78, 5) is 2.38. The molecule has 2 aromatic heterocycles. The van der Waals surface area contributed by atoms with Crippen molar-refractivity contribution >= 4 is 5.76 Å². The van der Waals surface area contributed by atoms with Gasteiger partial charge < -0.3 is 18.6 Å². The fraction of sp³-hybridized carbons (Fsp3) is 0.250. The van der Waals surface area contributed by atoms with E-state index in [9.17, 15) is 0 Å². The molecule has 0 saturated carbocycles. The Morgan fingerprint density at radius 1 is 0.971 bits per heavy atom. The summed E-state index contributed by atoms with van der Waals surface area (Å²) >= 11 is 0. The predicted molar refractivity (Wildman–Crippen MR) is 132 cm³/mol. The molecule has 1 fully saturated rings. The molecule has 178 valence electrons. The van der Waals surface area contributed by atoms with Crippen LogP contribution in [0.15, 0.2) is 95.4 Å². The van der Waals surface area contributed by atoms with E-state index < -0.39 is 0 Å². The molecule has 35 heavy (non-hydrogen) atoms. The highest BCUT2D eigenvalue weighted by atomic mass is 16.5. The number of aromatic nitrogens is 2. The van der Waals surface area contributed by atoms with Gasteiger partial charge in [0.25, 0.3) is 0 Å². The molecular formula is C28H27N3O4. The van der Waals surface area contributed by atoms with Crippen LogP contribution in [0.25, 0.3) is 22.9 Å². The van der Waals surface area contributed by atoms with Crippen LogP contribution in [0, 0.1) is 0 Å². The molecule has 0 radical (unpaired) electrons. The lowest BCUT2D eigenvalue weighted by atomic mass is 10.0. The van der Waals surface area contributed by atoms with Crippen LogP contribution in [-0.2, 0) is 20.8 Å². The molecule has 3 aliphatic rings. The van der Waals surface area contributed by atoms with Gasteiger partial charge in [-0.3, -0.25) is 4.90 Å². The Morgan fingerprint density at radius 2 is 1.83 bits per heavy atom. The topological polar surface area (TPSA) is 61.9 Å². The van der Waals surface area contributed by atoms with E-state index in [2.05, 4.69) is 29.3 Å². The molecule has 2 aliphatic heterocycles. The number of allylic oxidation sites excluding steroid dienone is 4. The minimum Gasteiger partial charge on any atom is -0.465 e. The number of nitrogens with zero attached hydrogens (tertiary/aromatic N) is 3. The number of benzene rings is 1. The highest BCUT2D eigenvalue weighted by molar-refractivity contribution is 5.63. The quantitative estimate of drug-likeness (QED) is 0.480. The Hall–Kier alpha value is -3.81. The zero-order valence-corrected chi connectivity index (χ0v) is 19.4. The number of ether oxygens (including phenoxy) is 3. The van der Waals surface area contributed by atoms with Gasteiger partial charge in [0.2, 0.25) is 0 Å². The third-order valence-electron chi connectivity index (χ3n) is 6.36. The highest BCUT2D eigenvalue weighted by Gasteiger charge is 2.20. The number of hydrogen-bond donors (Lipinski definition) is 0. The Bertz CT molecular complexity index is 1290. The van der Waals surface area contributed by atoms with Crippen molar-refractivity contribution < 1.29 is 18.6 Å². The van der Waals surface area contributed by atoms with Gasteiger partial charge >= 0.3 is 0 Å². The van der Waals surface area contributed by atoms with Gasteiger partial charge in [-0.1, -0.05) is 18.2 Å². The zero-order valence-electron chi connectivity index (χ0n) is 19.4. The van der Waals surface area contributed by atoms with E-state index in [1.54, 1.807) is 18.8 Å². The lowest BCUT2D eigenvalue weighted by Crippen LogP contribution is -2.35. The van der Waals surface area contributed by atoms with Gasteiger partial charge in [-0.05, 0) is 54.8 Å². The van der Waals surface area contributed by atoms with E-state index in [0.29, 0.717) is 5.76 Å². The Labute approximate surface area is 204 Å². The number of rotatable bonds is 6. The number of furan rings is 1. The van der Waals surface area contributed by atoms with Crippen molar-refractivity contribution in [3.05, 3.63) is 102 Å². The van der Waals surface area contributed by atoms with Crippen LogP contribution < -0.4 is 0 Å². The molecule has 0 amide bonds. The molecule has 3 aromatic rings. The average molecular weight is 470 g/mol. The minimum atomic E-state index is 0.689. The van der Waals surface area contributed by atoms with E-state index in [1.165, 1.54) is 0 Å². The van der Waals surface area contributed by atoms with Crippen LogP contribution in [0.3, 0.4) is 0 Å². The molecule has 7 nitrogen and oxygen atoms in total. The second-order valence-corrected chi connectivity index (χ2v) is 8.72. The summed E-state index contributed by atoms with van der Waals surface area (Å²) in [5, 5.41) is 4.88. The van der Waals surface area contributed by atoms with Crippen LogP contribution >= 0.6 is 0 Å². The lowest BCUT2D eigenvalue weighted by Gasteiger charge is -2.26. The van der Waals surface area contributed by atoms with Gasteiger partial charge in [0.1, 0.15) is 18.2 Å². The van der Waals surface area contributed by atoms with E-state index in [1.807, 2.05) is 41.1 Å². The van der Waals surface area contributed by atoms with Crippen LogP contribution in [0.4, 0.5) is 0 Å². The fourth-order valence-electron chi connectivity index (χ4n) is 4.46. The van der Waals surface area contributed by atoms with Crippen molar-refractivity contribution in [2.75, 3.05) is 26.3 Å². The lowest BCUT2D eigenvalue weighted by molar-refractivity contribution is 0.0342.